The van der Waals surface area contributed by atoms with Gasteiger partial charge < -0.3 is 14.8 Å². The molecular weight excluding hydrogens is 258 g/mol. The summed E-state index contributed by atoms with van der Waals surface area (Å²) in [6.45, 7) is 4.00. The fraction of sp³-hybridized carbons (Fsp3) is 0.333. The Kier molecular flexibility index (Phi) is 4.40. The van der Waals surface area contributed by atoms with E-state index in [9.17, 15) is 9.59 Å². The Morgan fingerprint density at radius 2 is 2.15 bits per heavy atom. The Bertz CT molecular complexity index is 551. The van der Waals surface area contributed by atoms with E-state index < -0.39 is 12.1 Å². The van der Waals surface area contributed by atoms with Gasteiger partial charge in [0.15, 0.2) is 6.10 Å². The summed E-state index contributed by atoms with van der Waals surface area (Å²) in [6, 6.07) is 7.43. The van der Waals surface area contributed by atoms with E-state index in [-0.39, 0.29) is 12.5 Å². The van der Waals surface area contributed by atoms with Crippen molar-refractivity contribution in [2.45, 2.75) is 20.0 Å². The van der Waals surface area contributed by atoms with Gasteiger partial charge in [-0.05, 0) is 26.0 Å². The van der Waals surface area contributed by atoms with E-state index in [4.69, 9.17) is 9.47 Å². The molecule has 1 aliphatic rings. The summed E-state index contributed by atoms with van der Waals surface area (Å²) in [4.78, 5) is 23.5. The number of rotatable bonds is 4. The minimum atomic E-state index is -0.819. The Balaban J connectivity index is 2.04. The molecule has 1 N–H and O–H groups in total. The molecule has 0 saturated carbocycles. The standard InChI is InChI=1S/C15H17NO4/c1-3-16-14(17)10(2)20-15(18)12-8-11-6-4-5-7-13(11)19-9-12/h4-8,10H,3,9H2,1-2H3,(H,16,17)/t10-/m1/s1. The molecule has 2 rings (SSSR count). The van der Waals surface area contributed by atoms with Crippen molar-refractivity contribution < 1.29 is 19.1 Å². The van der Waals surface area contributed by atoms with Crippen LogP contribution in [0.3, 0.4) is 0 Å². The van der Waals surface area contributed by atoms with Crippen LogP contribution in [0.4, 0.5) is 0 Å². The Hall–Kier alpha value is -2.30. The summed E-state index contributed by atoms with van der Waals surface area (Å²) in [5, 5.41) is 2.60. The van der Waals surface area contributed by atoms with Crippen LogP contribution in [0.25, 0.3) is 6.08 Å². The molecule has 1 heterocycles. The average molecular weight is 275 g/mol. The van der Waals surface area contributed by atoms with Crippen molar-refractivity contribution in [1.29, 1.82) is 0 Å². The number of ether oxygens (including phenoxy) is 2. The molecule has 0 bridgehead atoms. The molecular formula is C15H17NO4. The largest absolute Gasteiger partial charge is 0.488 e. The van der Waals surface area contributed by atoms with Crippen LogP contribution < -0.4 is 10.1 Å². The monoisotopic (exact) mass is 275 g/mol. The van der Waals surface area contributed by atoms with Crippen molar-refractivity contribution in [3.05, 3.63) is 35.4 Å². The maximum Gasteiger partial charge on any atom is 0.338 e. The maximum atomic E-state index is 12.0. The molecule has 0 aromatic heterocycles. The summed E-state index contributed by atoms with van der Waals surface area (Å²) in [5.74, 6) is -0.0994. The van der Waals surface area contributed by atoms with Crippen molar-refractivity contribution in [3.8, 4) is 5.75 Å². The lowest BCUT2D eigenvalue weighted by Crippen LogP contribution is -2.36. The molecule has 106 valence electrons. The van der Waals surface area contributed by atoms with Crippen molar-refractivity contribution in [2.75, 3.05) is 13.2 Å². The van der Waals surface area contributed by atoms with Crippen LogP contribution in [0.15, 0.2) is 29.8 Å². The normalized spacial score (nSPS) is 14.4. The summed E-state index contributed by atoms with van der Waals surface area (Å²) in [6.07, 6.45) is 0.909. The van der Waals surface area contributed by atoms with E-state index >= 15 is 0 Å². The van der Waals surface area contributed by atoms with E-state index in [1.54, 1.807) is 19.9 Å². The third kappa shape index (κ3) is 3.17. The third-order valence-electron chi connectivity index (χ3n) is 2.90. The highest BCUT2D eigenvalue weighted by Crippen LogP contribution is 2.26. The highest BCUT2D eigenvalue weighted by molar-refractivity contribution is 5.96. The lowest BCUT2D eigenvalue weighted by molar-refractivity contribution is -0.151. The molecule has 1 aliphatic heterocycles. The second kappa shape index (κ2) is 6.23. The van der Waals surface area contributed by atoms with E-state index in [1.165, 1.54) is 0 Å². The van der Waals surface area contributed by atoms with Gasteiger partial charge in [-0.2, -0.15) is 0 Å². The molecule has 20 heavy (non-hydrogen) atoms. The van der Waals surface area contributed by atoms with E-state index in [0.29, 0.717) is 12.1 Å². The van der Waals surface area contributed by atoms with Gasteiger partial charge in [-0.1, -0.05) is 18.2 Å². The van der Waals surface area contributed by atoms with Gasteiger partial charge in [-0.25, -0.2) is 4.79 Å². The Morgan fingerprint density at radius 3 is 2.90 bits per heavy atom. The van der Waals surface area contributed by atoms with Crippen LogP contribution in [0.1, 0.15) is 19.4 Å². The topological polar surface area (TPSA) is 64.6 Å². The zero-order valence-electron chi connectivity index (χ0n) is 11.5. The van der Waals surface area contributed by atoms with Crippen LogP contribution in [0, 0.1) is 0 Å². The highest BCUT2D eigenvalue weighted by atomic mass is 16.6. The second-order valence-electron chi connectivity index (χ2n) is 4.44. The summed E-state index contributed by atoms with van der Waals surface area (Å²) >= 11 is 0. The van der Waals surface area contributed by atoms with Crippen LogP contribution in [0.2, 0.25) is 0 Å². The van der Waals surface area contributed by atoms with Crippen molar-refractivity contribution in [1.82, 2.24) is 5.32 Å². The molecule has 1 aromatic carbocycles. The van der Waals surface area contributed by atoms with Gasteiger partial charge in [-0.15, -0.1) is 0 Å². The lowest BCUT2D eigenvalue weighted by Gasteiger charge is -2.18. The van der Waals surface area contributed by atoms with Crippen molar-refractivity contribution >= 4 is 18.0 Å². The van der Waals surface area contributed by atoms with Gasteiger partial charge in [0, 0.05) is 12.1 Å². The first-order chi connectivity index (χ1) is 9.61. The number of hydrogen-bond acceptors (Lipinski definition) is 4. The highest BCUT2D eigenvalue weighted by Gasteiger charge is 2.22. The molecule has 0 radical (unpaired) electrons. The molecule has 1 atom stereocenters. The number of amides is 1. The number of para-hydroxylation sites is 1. The van der Waals surface area contributed by atoms with Gasteiger partial charge in [-0.3, -0.25) is 4.79 Å². The molecule has 0 fully saturated rings. The quantitative estimate of drug-likeness (QED) is 0.846. The lowest BCUT2D eigenvalue weighted by atomic mass is 10.1. The predicted molar refractivity (Wildman–Crippen MR) is 74.2 cm³/mol. The third-order valence-corrected chi connectivity index (χ3v) is 2.90. The summed E-state index contributed by atoms with van der Waals surface area (Å²) in [7, 11) is 0. The predicted octanol–water partition coefficient (Wildman–Crippen LogP) is 1.53. The van der Waals surface area contributed by atoms with Crippen LogP contribution in [-0.4, -0.2) is 31.1 Å². The Labute approximate surface area is 117 Å². The molecule has 1 aromatic rings. The smallest absolute Gasteiger partial charge is 0.338 e. The maximum absolute atomic E-state index is 12.0. The first-order valence-corrected chi connectivity index (χ1v) is 6.53. The van der Waals surface area contributed by atoms with Crippen LogP contribution >= 0.6 is 0 Å². The van der Waals surface area contributed by atoms with Gasteiger partial charge in [0.25, 0.3) is 5.91 Å². The molecule has 0 saturated heterocycles. The van der Waals surface area contributed by atoms with Crippen LogP contribution in [-0.2, 0) is 14.3 Å². The first kappa shape index (κ1) is 14.1. The molecule has 1 amide bonds. The number of fused-ring (bicyclic) bond motifs is 1. The minimum absolute atomic E-state index is 0.151. The number of nitrogens with one attached hydrogen (secondary N) is 1. The number of benzene rings is 1. The molecule has 5 heteroatoms. The van der Waals surface area contributed by atoms with Crippen LogP contribution in [0.5, 0.6) is 5.75 Å². The van der Waals surface area contributed by atoms with Gasteiger partial charge in [0.05, 0.1) is 5.57 Å². The summed E-state index contributed by atoms with van der Waals surface area (Å²) < 4.78 is 10.6. The SMILES string of the molecule is CCNC(=O)[C@@H](C)OC(=O)C1=Cc2ccccc2OC1. The zero-order valence-corrected chi connectivity index (χ0v) is 11.5. The summed E-state index contributed by atoms with van der Waals surface area (Å²) in [5.41, 5.74) is 1.23. The van der Waals surface area contributed by atoms with Gasteiger partial charge in [0.1, 0.15) is 12.4 Å². The average Bonchev–Trinajstić information content (AvgIpc) is 2.46. The van der Waals surface area contributed by atoms with E-state index in [0.717, 1.165) is 11.3 Å². The van der Waals surface area contributed by atoms with Crippen molar-refractivity contribution in [3.63, 3.8) is 0 Å². The molecule has 5 nitrogen and oxygen atoms in total. The Morgan fingerprint density at radius 1 is 1.40 bits per heavy atom. The second-order valence-corrected chi connectivity index (χ2v) is 4.44. The number of carbonyl (C=O) groups is 2. The van der Waals surface area contributed by atoms with E-state index in [1.807, 2.05) is 24.3 Å². The number of esters is 1. The minimum Gasteiger partial charge on any atom is -0.488 e. The number of carbonyl (C=O) groups excluding carboxylic acids is 2. The van der Waals surface area contributed by atoms with E-state index in [2.05, 4.69) is 5.32 Å². The van der Waals surface area contributed by atoms with Crippen molar-refractivity contribution in [2.24, 2.45) is 0 Å². The fourth-order valence-corrected chi connectivity index (χ4v) is 1.84. The molecule has 0 unspecified atom stereocenters. The molecule has 0 spiro atoms. The van der Waals surface area contributed by atoms with Gasteiger partial charge in [0.2, 0.25) is 0 Å². The fourth-order valence-electron chi connectivity index (χ4n) is 1.84. The first-order valence-electron chi connectivity index (χ1n) is 6.53. The zero-order chi connectivity index (χ0) is 14.5. The van der Waals surface area contributed by atoms with Gasteiger partial charge >= 0.3 is 5.97 Å². The molecule has 0 aliphatic carbocycles. The number of hydrogen-bond donors (Lipinski definition) is 1. The number of likely N-dealkylation sites (N-methyl/N-ethyl adjacent to an activating group) is 1.